The number of aliphatic hydroxyl groups is 2. The number of methoxy groups -OCH3 is 1. The third-order valence-corrected chi connectivity index (χ3v) is 7.24. The molecular weight excluding hydrogens is 490 g/mol. The molecule has 3 unspecified atom stereocenters. The minimum Gasteiger partial charge on any atom is -0.394 e. The fraction of sp³-hybridized carbons (Fsp3) is 0.389. The van der Waals surface area contributed by atoms with E-state index in [0.717, 1.165) is 0 Å². The number of halogens is 3. The van der Waals surface area contributed by atoms with Crippen molar-refractivity contribution in [2.45, 2.75) is 34.7 Å². The molecule has 0 radical (unpaired) electrons. The molecule has 1 aliphatic rings. The van der Waals surface area contributed by atoms with E-state index in [1.165, 1.54) is 47.0 Å². The lowest BCUT2D eigenvalue weighted by atomic mass is 9.97. The van der Waals surface area contributed by atoms with Crippen molar-refractivity contribution in [1.29, 1.82) is 0 Å². The highest BCUT2D eigenvalue weighted by Gasteiger charge is 2.47. The van der Waals surface area contributed by atoms with Crippen molar-refractivity contribution in [3.8, 4) is 10.7 Å². The highest BCUT2D eigenvalue weighted by Crippen LogP contribution is 2.41. The molecule has 2 aromatic heterocycles. The van der Waals surface area contributed by atoms with E-state index in [2.05, 4.69) is 15.3 Å². The van der Waals surface area contributed by atoms with Crippen molar-refractivity contribution in [2.24, 2.45) is 0 Å². The van der Waals surface area contributed by atoms with Gasteiger partial charge in [-0.05, 0) is 12.1 Å². The van der Waals surface area contributed by atoms with Crippen molar-refractivity contribution in [3.05, 3.63) is 45.8 Å². The largest absolute Gasteiger partial charge is 0.394 e. The number of hydrogen-bond acceptors (Lipinski definition) is 9. The number of ether oxygens (including phenoxy) is 2. The summed E-state index contributed by atoms with van der Waals surface area (Å²) in [7, 11) is 1.48. The third kappa shape index (κ3) is 4.60. The van der Waals surface area contributed by atoms with E-state index in [1.54, 1.807) is 12.4 Å². The lowest BCUT2D eigenvalue weighted by Crippen LogP contribution is -2.55. The van der Waals surface area contributed by atoms with Gasteiger partial charge in [-0.2, -0.15) is 0 Å². The normalized spacial score (nSPS) is 26.3. The monoisotopic (exact) mass is 506 g/mol. The van der Waals surface area contributed by atoms with Gasteiger partial charge in [-0.15, -0.1) is 16.4 Å². The SMILES string of the molecule is COC1C(n2cc(-c3nccs3)nn2)[C@@H](O)C(CO)O[C@@H]1Sc1cc(Cl)c(F)c(Cl)c1. The number of thioether (sulfide) groups is 1. The first-order valence-electron chi connectivity index (χ1n) is 9.03. The first-order chi connectivity index (χ1) is 14.9. The minimum absolute atomic E-state index is 0.126. The van der Waals surface area contributed by atoms with E-state index in [-0.39, 0.29) is 10.0 Å². The second-order valence-electron chi connectivity index (χ2n) is 6.65. The van der Waals surface area contributed by atoms with Crippen molar-refractivity contribution < 1.29 is 24.1 Å². The van der Waals surface area contributed by atoms with Gasteiger partial charge >= 0.3 is 0 Å². The molecule has 3 aromatic rings. The van der Waals surface area contributed by atoms with E-state index in [9.17, 15) is 14.6 Å². The molecule has 13 heteroatoms. The van der Waals surface area contributed by atoms with E-state index in [4.69, 9.17) is 32.7 Å². The molecule has 0 aliphatic carbocycles. The molecular formula is C18H17Cl2FN4O4S2. The Kier molecular flexibility index (Phi) is 7.14. The Hall–Kier alpha value is -1.31. The Balaban J connectivity index is 1.66. The molecule has 0 spiro atoms. The Morgan fingerprint density at radius 1 is 1.35 bits per heavy atom. The molecule has 0 saturated carbocycles. The molecule has 0 amide bonds. The Morgan fingerprint density at radius 2 is 2.10 bits per heavy atom. The Morgan fingerprint density at radius 3 is 2.71 bits per heavy atom. The summed E-state index contributed by atoms with van der Waals surface area (Å²) in [5.41, 5.74) is -0.147. The topological polar surface area (TPSA) is 103 Å². The standard InChI is InChI=1S/C18H17Cl2FN4O4S2/c1-28-16-14(25-6-11(23-24-25)17-22-2-3-30-17)15(27)12(7-26)29-18(16)31-8-4-9(19)13(21)10(20)5-8/h2-6,12,14-16,18,26-27H,7H2,1H3/t12?,14?,15-,16?,18+/m0/s1. The van der Waals surface area contributed by atoms with Gasteiger partial charge in [0.05, 0.1) is 22.8 Å². The van der Waals surface area contributed by atoms with Crippen LogP contribution in [0.15, 0.2) is 34.8 Å². The number of rotatable bonds is 6. The van der Waals surface area contributed by atoms with Gasteiger partial charge < -0.3 is 19.7 Å². The summed E-state index contributed by atoms with van der Waals surface area (Å²) in [6.07, 6.45) is 0.585. The molecule has 5 atom stereocenters. The average molecular weight is 507 g/mol. The van der Waals surface area contributed by atoms with Gasteiger partial charge in [0.15, 0.2) is 5.82 Å². The van der Waals surface area contributed by atoms with Gasteiger partial charge in [0.2, 0.25) is 0 Å². The van der Waals surface area contributed by atoms with Crippen LogP contribution in [0.25, 0.3) is 10.7 Å². The van der Waals surface area contributed by atoms with Gasteiger partial charge in [0, 0.05) is 23.6 Å². The van der Waals surface area contributed by atoms with Gasteiger partial charge in [0.25, 0.3) is 0 Å². The fourth-order valence-corrected chi connectivity index (χ4v) is 5.76. The minimum atomic E-state index is -1.13. The highest BCUT2D eigenvalue weighted by atomic mass is 35.5. The summed E-state index contributed by atoms with van der Waals surface area (Å²) >= 11 is 14.4. The number of nitrogens with zero attached hydrogens (tertiary/aromatic N) is 4. The molecule has 1 saturated heterocycles. The first-order valence-corrected chi connectivity index (χ1v) is 11.5. The van der Waals surface area contributed by atoms with Gasteiger partial charge in [-0.3, -0.25) is 0 Å². The van der Waals surface area contributed by atoms with Crippen molar-refractivity contribution in [2.75, 3.05) is 13.7 Å². The van der Waals surface area contributed by atoms with E-state index in [0.29, 0.717) is 15.6 Å². The maximum Gasteiger partial charge on any atom is 0.160 e. The van der Waals surface area contributed by atoms with Crippen LogP contribution in [0.3, 0.4) is 0 Å². The van der Waals surface area contributed by atoms with Gasteiger partial charge in [0.1, 0.15) is 40.5 Å². The van der Waals surface area contributed by atoms with Crippen LogP contribution < -0.4 is 0 Å². The Labute approximate surface area is 194 Å². The lowest BCUT2D eigenvalue weighted by molar-refractivity contribution is -0.186. The number of thiazole rings is 1. The second-order valence-corrected chi connectivity index (χ2v) is 9.53. The summed E-state index contributed by atoms with van der Waals surface area (Å²) < 4.78 is 26.8. The van der Waals surface area contributed by atoms with Gasteiger partial charge in [-0.25, -0.2) is 14.1 Å². The summed E-state index contributed by atoms with van der Waals surface area (Å²) in [5.74, 6) is -0.709. The highest BCUT2D eigenvalue weighted by molar-refractivity contribution is 7.99. The summed E-state index contributed by atoms with van der Waals surface area (Å²) in [6.45, 7) is -0.426. The van der Waals surface area contributed by atoms with Crippen LogP contribution in [-0.4, -0.2) is 67.7 Å². The predicted octanol–water partition coefficient (Wildman–Crippen LogP) is 3.27. The molecule has 3 heterocycles. The van der Waals surface area contributed by atoms with Crippen molar-refractivity contribution >= 4 is 46.3 Å². The molecule has 166 valence electrons. The van der Waals surface area contributed by atoms with Crippen LogP contribution >= 0.6 is 46.3 Å². The zero-order valence-electron chi connectivity index (χ0n) is 15.9. The zero-order chi connectivity index (χ0) is 22.1. The molecule has 1 fully saturated rings. The molecule has 1 aliphatic heterocycles. The number of hydrogen-bond donors (Lipinski definition) is 2. The third-order valence-electron chi connectivity index (χ3n) is 4.77. The van der Waals surface area contributed by atoms with Crippen molar-refractivity contribution in [1.82, 2.24) is 20.0 Å². The Bertz CT molecular complexity index is 1020. The maximum atomic E-state index is 13.8. The summed E-state index contributed by atoms with van der Waals surface area (Å²) in [5, 5.41) is 31.2. The first kappa shape index (κ1) is 22.9. The number of aliphatic hydroxyl groups excluding tert-OH is 2. The zero-order valence-corrected chi connectivity index (χ0v) is 19.1. The fourth-order valence-electron chi connectivity index (χ4n) is 3.31. The second kappa shape index (κ2) is 9.67. The molecule has 4 rings (SSSR count). The van der Waals surface area contributed by atoms with E-state index in [1.807, 2.05) is 5.38 Å². The molecule has 0 bridgehead atoms. The molecule has 31 heavy (non-hydrogen) atoms. The predicted molar refractivity (Wildman–Crippen MR) is 115 cm³/mol. The van der Waals surface area contributed by atoms with Crippen LogP contribution in [0.2, 0.25) is 10.0 Å². The van der Waals surface area contributed by atoms with Crippen LogP contribution in [0.4, 0.5) is 4.39 Å². The van der Waals surface area contributed by atoms with E-state index >= 15 is 0 Å². The van der Waals surface area contributed by atoms with Gasteiger partial charge in [-0.1, -0.05) is 40.2 Å². The quantitative estimate of drug-likeness (QED) is 0.491. The van der Waals surface area contributed by atoms with Crippen molar-refractivity contribution in [3.63, 3.8) is 0 Å². The van der Waals surface area contributed by atoms with Crippen LogP contribution in [0.5, 0.6) is 0 Å². The molecule has 1 aromatic carbocycles. The lowest BCUT2D eigenvalue weighted by Gasteiger charge is -2.43. The van der Waals surface area contributed by atoms with E-state index < -0.39 is 42.2 Å². The smallest absolute Gasteiger partial charge is 0.160 e. The van der Waals surface area contributed by atoms with Crippen LogP contribution in [-0.2, 0) is 9.47 Å². The summed E-state index contributed by atoms with van der Waals surface area (Å²) in [6, 6.07) is 2.13. The number of aromatic nitrogens is 4. The van der Waals surface area contributed by atoms with Crippen LogP contribution in [0.1, 0.15) is 6.04 Å². The number of benzene rings is 1. The summed E-state index contributed by atoms with van der Waals surface area (Å²) in [4.78, 5) is 4.75. The average Bonchev–Trinajstić information content (AvgIpc) is 3.44. The molecule has 2 N–H and O–H groups in total. The molecule has 8 nitrogen and oxygen atoms in total. The van der Waals surface area contributed by atoms with Crippen LogP contribution in [0, 0.1) is 5.82 Å². The maximum absolute atomic E-state index is 13.8.